The van der Waals surface area contributed by atoms with Gasteiger partial charge in [-0.25, -0.2) is 0 Å². The van der Waals surface area contributed by atoms with Crippen LogP contribution in [0.1, 0.15) is 0 Å². The van der Waals surface area contributed by atoms with Crippen LogP contribution in [0.2, 0.25) is 0 Å². The van der Waals surface area contributed by atoms with Crippen LogP contribution >= 0.6 is 0 Å². The SMILES string of the molecule is c1ccc2c(c1)oc1cc(N(c3ccc4ccc5c(N(c6ccc7oc8ccccc8c7c6)c6cccc7c6oc6ccccc67)ccc6ccc3c4c65)c3cccc4c3oc3ccccc34)ccc12. The van der Waals surface area contributed by atoms with E-state index in [1.54, 1.807) is 0 Å². The summed E-state index contributed by atoms with van der Waals surface area (Å²) in [6, 6.07) is 77.3. The third kappa shape index (κ3) is 5.22. The maximum atomic E-state index is 6.82. The van der Waals surface area contributed by atoms with Gasteiger partial charge in [0.2, 0.25) is 0 Å². The van der Waals surface area contributed by atoms with E-state index < -0.39 is 0 Å². The van der Waals surface area contributed by atoms with E-state index in [1.807, 2.05) is 48.5 Å². The van der Waals surface area contributed by atoms with Crippen molar-refractivity contribution in [1.82, 2.24) is 0 Å². The van der Waals surface area contributed by atoms with Crippen molar-refractivity contribution in [3.05, 3.63) is 218 Å². The monoisotopic (exact) mass is 896 g/mol. The molecule has 0 saturated heterocycles. The first-order chi connectivity index (χ1) is 34.7. The van der Waals surface area contributed by atoms with Crippen molar-refractivity contribution in [3.63, 3.8) is 0 Å². The summed E-state index contributed by atoms with van der Waals surface area (Å²) in [4.78, 5) is 4.72. The number of rotatable bonds is 6. The number of furan rings is 4. The molecule has 0 aliphatic rings. The second-order valence-electron chi connectivity index (χ2n) is 18.3. The van der Waals surface area contributed by atoms with Gasteiger partial charge < -0.3 is 27.5 Å². The van der Waals surface area contributed by atoms with Crippen LogP contribution in [0.5, 0.6) is 0 Å². The molecular formula is C64H36N2O4. The number of nitrogens with zero attached hydrogens (tertiary/aromatic N) is 2. The number of anilines is 6. The molecule has 70 heavy (non-hydrogen) atoms. The summed E-state index contributed by atoms with van der Waals surface area (Å²) >= 11 is 0. The molecule has 326 valence electrons. The van der Waals surface area contributed by atoms with Crippen LogP contribution in [-0.2, 0) is 0 Å². The maximum Gasteiger partial charge on any atom is 0.159 e. The highest BCUT2D eigenvalue weighted by molar-refractivity contribution is 6.29. The Morgan fingerprint density at radius 1 is 0.229 bits per heavy atom. The molecule has 4 aromatic heterocycles. The summed E-state index contributed by atoms with van der Waals surface area (Å²) in [5, 5.41) is 15.5. The van der Waals surface area contributed by atoms with Gasteiger partial charge in [0.15, 0.2) is 11.2 Å². The molecule has 0 N–H and O–H groups in total. The van der Waals surface area contributed by atoms with Crippen LogP contribution < -0.4 is 9.80 Å². The van der Waals surface area contributed by atoms with Crippen LogP contribution in [0, 0.1) is 0 Å². The van der Waals surface area contributed by atoms with Crippen molar-refractivity contribution in [2.45, 2.75) is 0 Å². The van der Waals surface area contributed by atoms with Gasteiger partial charge in [0.05, 0.1) is 28.4 Å². The maximum absolute atomic E-state index is 6.82. The third-order valence-electron chi connectivity index (χ3n) is 14.6. The van der Waals surface area contributed by atoms with Gasteiger partial charge in [0, 0.05) is 65.6 Å². The zero-order chi connectivity index (χ0) is 45.6. The molecule has 0 radical (unpaired) electrons. The Morgan fingerprint density at radius 3 is 1.17 bits per heavy atom. The fourth-order valence-electron chi connectivity index (χ4n) is 11.5. The normalized spacial score (nSPS) is 12.3. The first kappa shape index (κ1) is 37.6. The Kier molecular flexibility index (Phi) is 7.52. The van der Waals surface area contributed by atoms with Crippen LogP contribution in [-0.4, -0.2) is 0 Å². The molecule has 0 amide bonds. The van der Waals surface area contributed by atoms with E-state index in [0.29, 0.717) is 0 Å². The number of benzene rings is 12. The summed E-state index contributed by atoms with van der Waals surface area (Å²) in [5.74, 6) is 0. The highest BCUT2D eigenvalue weighted by atomic mass is 16.3. The highest BCUT2D eigenvalue weighted by Gasteiger charge is 2.27. The van der Waals surface area contributed by atoms with Crippen molar-refractivity contribution >= 4 is 154 Å². The Hall–Kier alpha value is -9.52. The predicted molar refractivity (Wildman–Crippen MR) is 289 cm³/mol. The minimum absolute atomic E-state index is 0.819. The summed E-state index contributed by atoms with van der Waals surface area (Å²) in [7, 11) is 0. The molecule has 0 bridgehead atoms. The van der Waals surface area contributed by atoms with Crippen molar-refractivity contribution in [3.8, 4) is 0 Å². The van der Waals surface area contributed by atoms with Crippen LogP contribution in [0.25, 0.3) is 120 Å². The molecule has 16 aromatic rings. The first-order valence-electron chi connectivity index (χ1n) is 23.6. The van der Waals surface area contributed by atoms with Crippen LogP contribution in [0.4, 0.5) is 34.1 Å². The number of hydrogen-bond acceptors (Lipinski definition) is 6. The minimum atomic E-state index is 0.819. The number of hydrogen-bond donors (Lipinski definition) is 0. The molecule has 4 heterocycles. The van der Waals surface area contributed by atoms with Gasteiger partial charge in [0.25, 0.3) is 0 Å². The quantitative estimate of drug-likeness (QED) is 0.155. The molecule has 6 heteroatoms. The van der Waals surface area contributed by atoms with Crippen molar-refractivity contribution in [2.75, 3.05) is 9.80 Å². The fraction of sp³-hybridized carbons (Fsp3) is 0. The van der Waals surface area contributed by atoms with Gasteiger partial charge in [-0.15, -0.1) is 0 Å². The molecule has 0 saturated carbocycles. The topological polar surface area (TPSA) is 59.0 Å². The second-order valence-corrected chi connectivity index (χ2v) is 18.3. The molecule has 0 spiro atoms. The van der Waals surface area contributed by atoms with E-state index in [4.69, 9.17) is 17.7 Å². The Morgan fingerprint density at radius 2 is 0.614 bits per heavy atom. The lowest BCUT2D eigenvalue weighted by Crippen LogP contribution is -2.12. The molecule has 0 atom stereocenters. The van der Waals surface area contributed by atoms with Gasteiger partial charge >= 0.3 is 0 Å². The minimum Gasteiger partial charge on any atom is -0.456 e. The summed E-state index contributed by atoms with van der Waals surface area (Å²) in [6.07, 6.45) is 0. The van der Waals surface area contributed by atoms with Crippen molar-refractivity contribution in [2.24, 2.45) is 0 Å². The molecule has 12 aromatic carbocycles. The van der Waals surface area contributed by atoms with Gasteiger partial charge in [-0.1, -0.05) is 133 Å². The molecule has 0 aliphatic heterocycles. The largest absolute Gasteiger partial charge is 0.456 e. The lowest BCUT2D eigenvalue weighted by atomic mass is 9.91. The van der Waals surface area contributed by atoms with E-state index in [-0.39, 0.29) is 0 Å². The van der Waals surface area contributed by atoms with E-state index >= 15 is 0 Å². The summed E-state index contributed by atoms with van der Waals surface area (Å²) in [5.41, 5.74) is 12.6. The summed E-state index contributed by atoms with van der Waals surface area (Å²) in [6.45, 7) is 0. The predicted octanol–water partition coefficient (Wildman–Crippen LogP) is 19.1. The van der Waals surface area contributed by atoms with E-state index in [1.165, 1.54) is 10.8 Å². The smallest absolute Gasteiger partial charge is 0.159 e. The van der Waals surface area contributed by atoms with Gasteiger partial charge in [-0.05, 0) is 100 Å². The number of fused-ring (bicyclic) bond motifs is 12. The van der Waals surface area contributed by atoms with Crippen molar-refractivity contribution < 1.29 is 17.7 Å². The second kappa shape index (κ2) is 14.0. The molecule has 16 rings (SSSR count). The van der Waals surface area contributed by atoms with E-state index in [0.717, 1.165) is 143 Å². The molecule has 0 unspecified atom stereocenters. The van der Waals surface area contributed by atoms with Crippen molar-refractivity contribution in [1.29, 1.82) is 0 Å². The fourth-order valence-corrected chi connectivity index (χ4v) is 11.5. The lowest BCUT2D eigenvalue weighted by molar-refractivity contribution is 0.667. The highest BCUT2D eigenvalue weighted by Crippen LogP contribution is 2.51. The molecule has 6 nitrogen and oxygen atoms in total. The third-order valence-corrected chi connectivity index (χ3v) is 14.6. The average molecular weight is 897 g/mol. The lowest BCUT2D eigenvalue weighted by Gasteiger charge is -2.29. The Balaban J connectivity index is 0.970. The standard InChI is InChI=1S/C64H36N2O4/c1-5-19-55-41(11-1)45-31-27-40(36-60(45)68-55)66(54-18-10-16-47-43-13-3-8-22-58(43)70-64(47)54)52-33-26-38-23-29-48-51(32-25-37-24-30-49(52)62(38)61(37)48)65(39-28-34-59-50(35-39)44-14-4-6-20-56(44)67-59)53-17-9-15-46-42-12-2-7-21-57(42)69-63(46)53/h1-36H. The summed E-state index contributed by atoms with van der Waals surface area (Å²) < 4.78 is 26.5. The Labute approximate surface area is 398 Å². The van der Waals surface area contributed by atoms with Gasteiger partial charge in [0.1, 0.15) is 33.5 Å². The van der Waals surface area contributed by atoms with Gasteiger partial charge in [-0.2, -0.15) is 0 Å². The van der Waals surface area contributed by atoms with Crippen LogP contribution in [0.3, 0.4) is 0 Å². The van der Waals surface area contributed by atoms with E-state index in [2.05, 4.69) is 180 Å². The zero-order valence-corrected chi connectivity index (χ0v) is 37.3. The molecule has 0 fully saturated rings. The van der Waals surface area contributed by atoms with Gasteiger partial charge in [-0.3, -0.25) is 0 Å². The number of para-hydroxylation sites is 6. The molecule has 0 aliphatic carbocycles. The van der Waals surface area contributed by atoms with E-state index in [9.17, 15) is 0 Å². The Bertz CT molecular complexity index is 4820. The van der Waals surface area contributed by atoms with Crippen LogP contribution in [0.15, 0.2) is 236 Å². The first-order valence-corrected chi connectivity index (χ1v) is 23.6. The molecular weight excluding hydrogens is 861 g/mol. The average Bonchev–Trinajstić information content (AvgIpc) is 4.19. The zero-order valence-electron chi connectivity index (χ0n) is 37.3.